The zero-order valence-corrected chi connectivity index (χ0v) is 11.8. The first-order valence-electron chi connectivity index (χ1n) is 7.16. The van der Waals surface area contributed by atoms with Crippen molar-refractivity contribution in [2.24, 2.45) is 0 Å². The van der Waals surface area contributed by atoms with Crippen LogP contribution in [0.25, 0.3) is 11.3 Å². The van der Waals surface area contributed by atoms with Gasteiger partial charge in [0.2, 0.25) is 0 Å². The van der Waals surface area contributed by atoms with E-state index in [4.69, 9.17) is 5.73 Å². The van der Waals surface area contributed by atoms with Crippen LogP contribution in [-0.4, -0.2) is 28.0 Å². The third kappa shape index (κ3) is 2.65. The molecule has 0 unspecified atom stereocenters. The summed E-state index contributed by atoms with van der Waals surface area (Å²) in [7, 11) is 0. The lowest BCUT2D eigenvalue weighted by Crippen LogP contribution is -2.23. The number of anilines is 1. The average Bonchev–Trinajstić information content (AvgIpc) is 3.01. The summed E-state index contributed by atoms with van der Waals surface area (Å²) in [4.78, 5) is 10.8. The van der Waals surface area contributed by atoms with Crippen molar-refractivity contribution in [1.82, 2.24) is 14.9 Å². The topological polar surface area (TPSA) is 55.0 Å². The fourth-order valence-electron chi connectivity index (χ4n) is 2.83. The Morgan fingerprint density at radius 1 is 1.15 bits per heavy atom. The highest BCUT2D eigenvalue weighted by Crippen LogP contribution is 2.27. The molecule has 4 nitrogen and oxygen atoms in total. The molecule has 0 radical (unpaired) electrons. The van der Waals surface area contributed by atoms with E-state index >= 15 is 0 Å². The van der Waals surface area contributed by atoms with Gasteiger partial charge >= 0.3 is 0 Å². The molecule has 1 aromatic heterocycles. The Hall–Kier alpha value is -1.94. The molecule has 104 valence electrons. The summed E-state index contributed by atoms with van der Waals surface area (Å²) in [5.74, 6) is 0.507. The van der Waals surface area contributed by atoms with Gasteiger partial charge in [-0.3, -0.25) is 4.90 Å². The normalized spacial score (nSPS) is 17.2. The van der Waals surface area contributed by atoms with Crippen molar-refractivity contribution in [2.45, 2.75) is 25.8 Å². The van der Waals surface area contributed by atoms with E-state index in [9.17, 15) is 0 Å². The highest BCUT2D eigenvalue weighted by Gasteiger charge is 2.19. The van der Waals surface area contributed by atoms with Gasteiger partial charge in [0.1, 0.15) is 12.1 Å². The molecular formula is C16H20N4. The Bertz CT molecular complexity index is 591. The number of hydrogen-bond donors (Lipinski definition) is 1. The molecule has 1 aromatic carbocycles. The molecule has 2 aromatic rings. The minimum absolute atomic E-state index is 0.455. The Morgan fingerprint density at radius 3 is 2.70 bits per heavy atom. The fourth-order valence-corrected chi connectivity index (χ4v) is 2.83. The minimum atomic E-state index is 0.455. The molecule has 3 rings (SSSR count). The molecule has 1 aliphatic heterocycles. The number of nitrogens with zero attached hydrogens (tertiary/aromatic N) is 3. The number of likely N-dealkylation sites (tertiary alicyclic amines) is 1. The summed E-state index contributed by atoms with van der Waals surface area (Å²) in [5.41, 5.74) is 9.05. The van der Waals surface area contributed by atoms with Gasteiger partial charge < -0.3 is 5.73 Å². The summed E-state index contributed by atoms with van der Waals surface area (Å²) < 4.78 is 0. The molecule has 4 heteroatoms. The second kappa shape index (κ2) is 5.59. The van der Waals surface area contributed by atoms with Crippen LogP contribution in [0, 0.1) is 0 Å². The van der Waals surface area contributed by atoms with Crippen LogP contribution >= 0.6 is 0 Å². The van der Waals surface area contributed by atoms with Gasteiger partial charge in [0, 0.05) is 17.7 Å². The molecule has 20 heavy (non-hydrogen) atoms. The van der Waals surface area contributed by atoms with Crippen LogP contribution in [0.15, 0.2) is 36.7 Å². The van der Waals surface area contributed by atoms with E-state index in [0.29, 0.717) is 11.9 Å². The second-order valence-corrected chi connectivity index (χ2v) is 5.37. The van der Waals surface area contributed by atoms with Crippen molar-refractivity contribution in [2.75, 3.05) is 18.8 Å². The summed E-state index contributed by atoms with van der Waals surface area (Å²) >= 11 is 0. The highest BCUT2D eigenvalue weighted by atomic mass is 15.2. The van der Waals surface area contributed by atoms with Crippen LogP contribution in [0.4, 0.5) is 5.82 Å². The van der Waals surface area contributed by atoms with Gasteiger partial charge in [-0.2, -0.15) is 0 Å². The number of nitrogens with two attached hydrogens (primary N) is 1. The van der Waals surface area contributed by atoms with Crippen molar-refractivity contribution < 1.29 is 0 Å². The lowest BCUT2D eigenvalue weighted by atomic mass is 10.0. The van der Waals surface area contributed by atoms with E-state index in [2.05, 4.69) is 46.1 Å². The molecule has 1 saturated heterocycles. The van der Waals surface area contributed by atoms with Crippen LogP contribution in [0.3, 0.4) is 0 Å². The molecule has 1 aliphatic rings. The first-order valence-corrected chi connectivity index (χ1v) is 7.16. The zero-order chi connectivity index (χ0) is 13.9. The van der Waals surface area contributed by atoms with Gasteiger partial charge in [0.25, 0.3) is 0 Å². The number of rotatable bonds is 3. The van der Waals surface area contributed by atoms with E-state index in [1.807, 2.05) is 6.07 Å². The predicted octanol–water partition coefficient (Wildman–Crippen LogP) is 2.88. The smallest absolute Gasteiger partial charge is 0.127 e. The molecule has 0 saturated carbocycles. The van der Waals surface area contributed by atoms with E-state index in [1.165, 1.54) is 37.8 Å². The summed E-state index contributed by atoms with van der Waals surface area (Å²) in [6, 6.07) is 10.8. The van der Waals surface area contributed by atoms with Gasteiger partial charge in [-0.1, -0.05) is 18.2 Å². The standard InChI is InChI=1S/C16H20N4/c1-12(20-7-2-3-8-20)13-5-4-6-14(9-13)15-10-16(17)19-11-18-15/h4-6,9-12H,2-3,7-8H2,1H3,(H2,17,18,19)/t12-/m1/s1. The van der Waals surface area contributed by atoms with E-state index in [0.717, 1.165) is 11.3 Å². The first-order chi connectivity index (χ1) is 9.74. The van der Waals surface area contributed by atoms with Crippen LogP contribution in [0.2, 0.25) is 0 Å². The van der Waals surface area contributed by atoms with Crippen molar-refractivity contribution >= 4 is 5.82 Å². The average molecular weight is 268 g/mol. The van der Waals surface area contributed by atoms with E-state index < -0.39 is 0 Å². The van der Waals surface area contributed by atoms with Gasteiger partial charge in [0.15, 0.2) is 0 Å². The lowest BCUT2D eigenvalue weighted by molar-refractivity contribution is 0.263. The van der Waals surface area contributed by atoms with Crippen LogP contribution in [0.5, 0.6) is 0 Å². The molecule has 0 aliphatic carbocycles. The third-order valence-electron chi connectivity index (χ3n) is 4.04. The second-order valence-electron chi connectivity index (χ2n) is 5.37. The number of aromatic nitrogens is 2. The third-order valence-corrected chi connectivity index (χ3v) is 4.04. The summed E-state index contributed by atoms with van der Waals surface area (Å²) in [6.45, 7) is 4.68. The van der Waals surface area contributed by atoms with Crippen LogP contribution in [-0.2, 0) is 0 Å². The van der Waals surface area contributed by atoms with Crippen molar-refractivity contribution in [3.8, 4) is 11.3 Å². The van der Waals surface area contributed by atoms with E-state index in [-0.39, 0.29) is 0 Å². The molecule has 1 fully saturated rings. The Morgan fingerprint density at radius 2 is 1.95 bits per heavy atom. The number of hydrogen-bond acceptors (Lipinski definition) is 4. The summed E-state index contributed by atoms with van der Waals surface area (Å²) in [5, 5.41) is 0. The highest BCUT2D eigenvalue weighted by molar-refractivity contribution is 5.62. The quantitative estimate of drug-likeness (QED) is 0.930. The van der Waals surface area contributed by atoms with Gasteiger partial charge in [0.05, 0.1) is 5.69 Å². The maximum Gasteiger partial charge on any atom is 0.127 e. The predicted molar refractivity (Wildman–Crippen MR) is 81.1 cm³/mol. The molecule has 2 N–H and O–H groups in total. The Labute approximate surface area is 119 Å². The molecule has 0 bridgehead atoms. The molecular weight excluding hydrogens is 248 g/mol. The van der Waals surface area contributed by atoms with Crippen LogP contribution in [0.1, 0.15) is 31.4 Å². The molecule has 0 spiro atoms. The molecule has 2 heterocycles. The van der Waals surface area contributed by atoms with Gasteiger partial charge in [-0.25, -0.2) is 9.97 Å². The van der Waals surface area contributed by atoms with Crippen molar-refractivity contribution in [3.63, 3.8) is 0 Å². The minimum Gasteiger partial charge on any atom is -0.384 e. The Kier molecular flexibility index (Phi) is 3.65. The number of benzene rings is 1. The van der Waals surface area contributed by atoms with Crippen LogP contribution < -0.4 is 5.73 Å². The lowest BCUT2D eigenvalue weighted by Gasteiger charge is -2.24. The zero-order valence-electron chi connectivity index (χ0n) is 11.8. The fraction of sp³-hybridized carbons (Fsp3) is 0.375. The number of nitrogen functional groups attached to an aromatic ring is 1. The van der Waals surface area contributed by atoms with Gasteiger partial charge in [-0.15, -0.1) is 0 Å². The SMILES string of the molecule is C[C@H](c1cccc(-c2cc(N)ncn2)c1)N1CCCC1. The van der Waals surface area contributed by atoms with E-state index in [1.54, 1.807) is 0 Å². The Balaban J connectivity index is 1.89. The van der Waals surface area contributed by atoms with Crippen molar-refractivity contribution in [3.05, 3.63) is 42.2 Å². The monoisotopic (exact) mass is 268 g/mol. The molecule has 0 amide bonds. The van der Waals surface area contributed by atoms with Gasteiger partial charge in [-0.05, 0) is 44.5 Å². The van der Waals surface area contributed by atoms with Crippen molar-refractivity contribution in [1.29, 1.82) is 0 Å². The largest absolute Gasteiger partial charge is 0.384 e. The maximum absolute atomic E-state index is 5.73. The first kappa shape index (κ1) is 13.1. The maximum atomic E-state index is 5.73. The molecule has 1 atom stereocenters. The summed E-state index contributed by atoms with van der Waals surface area (Å²) in [6.07, 6.45) is 4.14.